The lowest BCUT2D eigenvalue weighted by molar-refractivity contribution is 0.0931. The van der Waals surface area contributed by atoms with Crippen LogP contribution < -0.4 is 16.1 Å². The number of aromatic nitrogens is 2. The molecule has 1 aliphatic carbocycles. The highest BCUT2D eigenvalue weighted by atomic mass is 32.1. The topological polar surface area (TPSA) is 118 Å². The van der Waals surface area contributed by atoms with E-state index in [-0.39, 0.29) is 29.2 Å². The summed E-state index contributed by atoms with van der Waals surface area (Å²) in [4.78, 5) is 44.2. The molecule has 0 saturated heterocycles. The maximum absolute atomic E-state index is 12.9. The Morgan fingerprint density at radius 1 is 1.20 bits per heavy atom. The normalized spacial score (nSPS) is 16.2. The SMILES string of the molecule is C=C1N=C(c2ccc3c(c2)CC[C@@H]3NC(=O)c2cc(C(=O)NCc3csc(CC)c3)ncn2)NO1. The van der Waals surface area contributed by atoms with Gasteiger partial charge in [-0.2, -0.15) is 4.99 Å². The first-order chi connectivity index (χ1) is 17.0. The molecular weight excluding hydrogens is 464 g/mol. The van der Waals surface area contributed by atoms with E-state index in [1.165, 1.54) is 17.3 Å². The minimum absolute atomic E-state index is 0.144. The monoisotopic (exact) mass is 488 g/mol. The van der Waals surface area contributed by atoms with Gasteiger partial charge in [0.2, 0.25) is 5.88 Å². The molecular formula is C25H24N6O3S. The molecule has 1 atom stereocenters. The number of carbonyl (C=O) groups excluding carboxylic acids is 2. The van der Waals surface area contributed by atoms with Gasteiger partial charge in [0.25, 0.3) is 11.8 Å². The van der Waals surface area contributed by atoms with E-state index in [1.807, 2.05) is 23.6 Å². The maximum atomic E-state index is 12.9. The van der Waals surface area contributed by atoms with Crippen molar-refractivity contribution in [3.63, 3.8) is 0 Å². The van der Waals surface area contributed by atoms with Gasteiger partial charge in [0.05, 0.1) is 6.04 Å². The van der Waals surface area contributed by atoms with Crippen LogP contribution in [-0.2, 0) is 24.2 Å². The fourth-order valence-electron chi connectivity index (χ4n) is 4.13. The van der Waals surface area contributed by atoms with Crippen LogP contribution >= 0.6 is 11.3 Å². The predicted molar refractivity (Wildman–Crippen MR) is 132 cm³/mol. The van der Waals surface area contributed by atoms with Gasteiger partial charge in [-0.25, -0.2) is 15.4 Å². The van der Waals surface area contributed by atoms with Crippen LogP contribution in [0.1, 0.15) is 67.5 Å². The number of nitrogens with zero attached hydrogens (tertiary/aromatic N) is 3. The van der Waals surface area contributed by atoms with Crippen LogP contribution in [0.5, 0.6) is 0 Å². The Morgan fingerprint density at radius 3 is 2.77 bits per heavy atom. The Hall–Kier alpha value is -4.05. The molecule has 1 aromatic carbocycles. The third kappa shape index (κ3) is 4.92. The van der Waals surface area contributed by atoms with Crippen LogP contribution in [-0.4, -0.2) is 27.6 Å². The number of thiophene rings is 1. The summed E-state index contributed by atoms with van der Waals surface area (Å²) in [6, 6.07) is 9.32. The molecule has 9 nitrogen and oxygen atoms in total. The van der Waals surface area contributed by atoms with Crippen molar-refractivity contribution in [2.24, 2.45) is 4.99 Å². The highest BCUT2D eigenvalue weighted by Crippen LogP contribution is 2.32. The number of carbonyl (C=O) groups is 2. The second kappa shape index (κ2) is 9.67. The standard InChI is InChI=1S/C25H24N6O3S/c1-3-18-8-15(12-35-18)11-26-24(32)21-10-22(28-13-27-21)25(33)30-20-7-5-16-9-17(4-6-19(16)20)23-29-14(2)34-31-23/h4,6,8-10,12-13,20H,2-3,5,7,11H2,1H3,(H,26,32)(H,29,31)(H,30,33)/t20-/m0/s1. The maximum Gasteiger partial charge on any atom is 0.270 e. The summed E-state index contributed by atoms with van der Waals surface area (Å²) in [6.45, 7) is 6.17. The van der Waals surface area contributed by atoms with Crippen LogP contribution in [0.25, 0.3) is 0 Å². The lowest BCUT2D eigenvalue weighted by Crippen LogP contribution is -2.29. The molecule has 3 aromatic rings. The molecule has 0 unspecified atom stereocenters. The van der Waals surface area contributed by atoms with Crippen LogP contribution in [0.15, 0.2) is 59.5 Å². The average molecular weight is 489 g/mol. The average Bonchev–Trinajstić information content (AvgIpc) is 3.62. The molecule has 3 heterocycles. The molecule has 0 saturated carbocycles. The van der Waals surface area contributed by atoms with Crippen molar-refractivity contribution in [3.8, 4) is 0 Å². The van der Waals surface area contributed by atoms with Crippen molar-refractivity contribution >= 4 is 29.0 Å². The number of amidine groups is 1. The summed E-state index contributed by atoms with van der Waals surface area (Å²) in [7, 11) is 0. The molecule has 3 N–H and O–H groups in total. The van der Waals surface area contributed by atoms with Crippen LogP contribution in [0, 0.1) is 0 Å². The van der Waals surface area contributed by atoms with Crippen molar-refractivity contribution in [1.29, 1.82) is 0 Å². The van der Waals surface area contributed by atoms with Crippen LogP contribution in [0.4, 0.5) is 0 Å². The molecule has 0 bridgehead atoms. The van der Waals surface area contributed by atoms with Gasteiger partial charge in [-0.15, -0.1) is 11.3 Å². The molecule has 0 radical (unpaired) electrons. The molecule has 2 aromatic heterocycles. The highest BCUT2D eigenvalue weighted by Gasteiger charge is 2.26. The van der Waals surface area contributed by atoms with E-state index in [4.69, 9.17) is 4.84 Å². The number of fused-ring (bicyclic) bond motifs is 1. The van der Waals surface area contributed by atoms with Gasteiger partial charge in [0, 0.05) is 23.1 Å². The number of aliphatic imine (C=N–C) groups is 1. The molecule has 0 spiro atoms. The predicted octanol–water partition coefficient (Wildman–Crippen LogP) is 3.20. The van der Waals surface area contributed by atoms with Gasteiger partial charge in [-0.1, -0.05) is 19.1 Å². The highest BCUT2D eigenvalue weighted by molar-refractivity contribution is 7.10. The quantitative estimate of drug-likeness (QED) is 0.470. The minimum atomic E-state index is -0.348. The summed E-state index contributed by atoms with van der Waals surface area (Å²) in [6.07, 6.45) is 3.80. The van der Waals surface area contributed by atoms with Crippen molar-refractivity contribution in [3.05, 3.63) is 93.0 Å². The molecule has 0 fully saturated rings. The van der Waals surface area contributed by atoms with Crippen LogP contribution in [0.2, 0.25) is 0 Å². The fourth-order valence-corrected chi connectivity index (χ4v) is 4.97. The van der Waals surface area contributed by atoms with Crippen molar-refractivity contribution < 1.29 is 14.4 Å². The van der Waals surface area contributed by atoms with Gasteiger partial charge in [0.1, 0.15) is 17.7 Å². The van der Waals surface area contributed by atoms with E-state index >= 15 is 0 Å². The minimum Gasteiger partial charge on any atom is -0.361 e. The molecule has 1 aliphatic heterocycles. The Bertz CT molecular complexity index is 1350. The Morgan fingerprint density at radius 2 is 2.03 bits per heavy atom. The smallest absolute Gasteiger partial charge is 0.270 e. The number of aryl methyl sites for hydroxylation is 2. The Labute approximate surface area is 206 Å². The molecule has 2 amide bonds. The summed E-state index contributed by atoms with van der Waals surface area (Å²) in [5.41, 5.74) is 7.18. The number of rotatable bonds is 7. The molecule has 35 heavy (non-hydrogen) atoms. The third-order valence-corrected chi connectivity index (χ3v) is 7.07. The molecule has 2 aliphatic rings. The fraction of sp³-hybridized carbons (Fsp3) is 0.240. The first kappa shape index (κ1) is 22.7. The third-order valence-electron chi connectivity index (χ3n) is 5.94. The van der Waals surface area contributed by atoms with Gasteiger partial charge in [-0.3, -0.25) is 9.59 Å². The van der Waals surface area contributed by atoms with Crippen molar-refractivity contribution in [1.82, 2.24) is 26.1 Å². The first-order valence-corrected chi connectivity index (χ1v) is 12.2. The summed E-state index contributed by atoms with van der Waals surface area (Å²) in [5.74, 6) is 0.238. The number of hydrogen-bond acceptors (Lipinski definition) is 8. The second-order valence-corrected chi connectivity index (χ2v) is 9.28. The largest absolute Gasteiger partial charge is 0.361 e. The lowest BCUT2D eigenvalue weighted by atomic mass is 10.0. The van der Waals surface area contributed by atoms with E-state index in [1.54, 1.807) is 11.3 Å². The van der Waals surface area contributed by atoms with E-state index in [0.717, 1.165) is 41.5 Å². The van der Waals surface area contributed by atoms with Gasteiger partial charge >= 0.3 is 0 Å². The number of amides is 2. The van der Waals surface area contributed by atoms with Gasteiger partial charge < -0.3 is 15.5 Å². The zero-order valence-electron chi connectivity index (χ0n) is 19.1. The van der Waals surface area contributed by atoms with Gasteiger partial charge in [-0.05, 0) is 60.0 Å². The van der Waals surface area contributed by atoms with Crippen molar-refractivity contribution in [2.75, 3.05) is 0 Å². The Kier molecular flexibility index (Phi) is 6.28. The zero-order chi connectivity index (χ0) is 24.4. The number of nitrogens with one attached hydrogen (secondary N) is 3. The van der Waals surface area contributed by atoms with E-state index in [0.29, 0.717) is 18.3 Å². The van der Waals surface area contributed by atoms with E-state index < -0.39 is 0 Å². The zero-order valence-corrected chi connectivity index (χ0v) is 19.9. The van der Waals surface area contributed by atoms with E-state index in [2.05, 4.69) is 50.6 Å². The summed E-state index contributed by atoms with van der Waals surface area (Å²) >= 11 is 1.67. The second-order valence-electron chi connectivity index (χ2n) is 8.28. The van der Waals surface area contributed by atoms with Crippen LogP contribution in [0.3, 0.4) is 0 Å². The Balaban J connectivity index is 1.23. The number of hydroxylamine groups is 1. The van der Waals surface area contributed by atoms with Gasteiger partial charge in [0.15, 0.2) is 5.84 Å². The number of hydrogen-bond donors (Lipinski definition) is 3. The molecule has 178 valence electrons. The van der Waals surface area contributed by atoms with Crippen molar-refractivity contribution in [2.45, 2.75) is 38.8 Å². The van der Waals surface area contributed by atoms with E-state index in [9.17, 15) is 9.59 Å². The lowest BCUT2D eigenvalue weighted by Gasteiger charge is -2.14. The summed E-state index contributed by atoms with van der Waals surface area (Å²) in [5, 5.41) is 7.92. The number of benzene rings is 1. The first-order valence-electron chi connectivity index (χ1n) is 11.3. The summed E-state index contributed by atoms with van der Waals surface area (Å²) < 4.78 is 0. The molecule has 5 rings (SSSR count). The molecule has 10 heteroatoms.